The fraction of sp³-hybridized carbons (Fsp3) is 0.471. The standard InChI is InChI=1S/C17H20FN5O3S2/c1-9-13-12(8-19-16(13)24)27-15(9)14-11(18)7-20-17(22-14)21-10-3-5-23(6-4-10)28(2,25)26/h7,10H,3-6,8H2,1-2H3,(H,19,24)(H,20,21,22). The molecule has 4 rings (SSSR count). The van der Waals surface area contributed by atoms with Gasteiger partial charge in [-0.1, -0.05) is 0 Å². The molecule has 28 heavy (non-hydrogen) atoms. The lowest BCUT2D eigenvalue weighted by molar-refractivity contribution is 0.0965. The van der Waals surface area contributed by atoms with Crippen LogP contribution in [0.1, 0.15) is 33.6 Å². The minimum atomic E-state index is -3.19. The Morgan fingerprint density at radius 2 is 2.07 bits per heavy atom. The summed E-state index contributed by atoms with van der Waals surface area (Å²) in [7, 11) is -3.19. The first-order valence-corrected chi connectivity index (χ1v) is 11.6. The molecule has 2 aromatic heterocycles. The number of nitrogens with one attached hydrogen (secondary N) is 2. The van der Waals surface area contributed by atoms with E-state index in [4.69, 9.17) is 0 Å². The number of hydrogen-bond donors (Lipinski definition) is 2. The largest absolute Gasteiger partial charge is 0.351 e. The summed E-state index contributed by atoms with van der Waals surface area (Å²) >= 11 is 1.36. The minimum absolute atomic E-state index is 0.0107. The highest BCUT2D eigenvalue weighted by Gasteiger charge is 2.29. The van der Waals surface area contributed by atoms with Crippen LogP contribution in [0.2, 0.25) is 0 Å². The van der Waals surface area contributed by atoms with E-state index < -0.39 is 15.8 Å². The number of halogens is 1. The number of amides is 1. The fourth-order valence-corrected chi connectivity index (χ4v) is 5.69. The molecule has 2 N–H and O–H groups in total. The van der Waals surface area contributed by atoms with Crippen molar-refractivity contribution in [2.45, 2.75) is 32.4 Å². The van der Waals surface area contributed by atoms with Gasteiger partial charge in [0.05, 0.1) is 29.4 Å². The fourth-order valence-electron chi connectivity index (χ4n) is 3.58. The Kier molecular flexibility index (Phi) is 4.84. The monoisotopic (exact) mass is 425 g/mol. The summed E-state index contributed by atoms with van der Waals surface area (Å²) in [4.78, 5) is 21.9. The third kappa shape index (κ3) is 3.49. The predicted octanol–water partition coefficient (Wildman–Crippen LogP) is 1.73. The second-order valence-electron chi connectivity index (χ2n) is 7.01. The van der Waals surface area contributed by atoms with Crippen LogP contribution in [-0.4, -0.2) is 54.0 Å². The van der Waals surface area contributed by atoms with Gasteiger partial charge >= 0.3 is 0 Å². The Bertz CT molecular complexity index is 1050. The Hall–Kier alpha value is -2.11. The van der Waals surface area contributed by atoms with Crippen LogP contribution in [0, 0.1) is 12.7 Å². The molecule has 2 aliphatic heterocycles. The maximum absolute atomic E-state index is 14.4. The molecule has 0 spiro atoms. The number of anilines is 1. The third-order valence-corrected chi connectivity index (χ3v) is 7.67. The van der Waals surface area contributed by atoms with Crippen molar-refractivity contribution in [3.05, 3.63) is 28.0 Å². The summed E-state index contributed by atoms with van der Waals surface area (Å²) in [5.74, 6) is -0.382. The van der Waals surface area contributed by atoms with E-state index >= 15 is 0 Å². The van der Waals surface area contributed by atoms with Gasteiger partial charge in [0, 0.05) is 24.0 Å². The van der Waals surface area contributed by atoms with Gasteiger partial charge < -0.3 is 10.6 Å². The zero-order valence-electron chi connectivity index (χ0n) is 15.5. The van der Waals surface area contributed by atoms with Gasteiger partial charge in [0.15, 0.2) is 5.82 Å². The number of carbonyl (C=O) groups is 1. The molecule has 2 aliphatic rings. The van der Waals surface area contributed by atoms with Gasteiger partial charge in [-0.3, -0.25) is 4.79 Å². The first-order valence-electron chi connectivity index (χ1n) is 8.89. The topological polar surface area (TPSA) is 104 Å². The minimum Gasteiger partial charge on any atom is -0.351 e. The van der Waals surface area contributed by atoms with Gasteiger partial charge in [-0.25, -0.2) is 27.1 Å². The van der Waals surface area contributed by atoms with Crippen molar-refractivity contribution in [2.24, 2.45) is 0 Å². The highest BCUT2D eigenvalue weighted by Crippen LogP contribution is 2.38. The molecule has 0 radical (unpaired) electrons. The number of fused-ring (bicyclic) bond motifs is 1. The maximum atomic E-state index is 14.4. The van der Waals surface area contributed by atoms with Crippen molar-refractivity contribution >= 4 is 33.2 Å². The molecule has 1 saturated heterocycles. The summed E-state index contributed by atoms with van der Waals surface area (Å²) in [5.41, 5.74) is 1.51. The number of hydrogen-bond acceptors (Lipinski definition) is 7. The van der Waals surface area contributed by atoms with Crippen LogP contribution < -0.4 is 10.6 Å². The quantitative estimate of drug-likeness (QED) is 0.773. The summed E-state index contributed by atoms with van der Waals surface area (Å²) in [6.45, 7) is 3.11. The number of aromatic nitrogens is 2. The Morgan fingerprint density at radius 3 is 2.71 bits per heavy atom. The molecule has 0 aromatic carbocycles. The van der Waals surface area contributed by atoms with E-state index in [9.17, 15) is 17.6 Å². The molecular formula is C17H20FN5O3S2. The van der Waals surface area contributed by atoms with Crippen molar-refractivity contribution in [1.82, 2.24) is 19.6 Å². The third-order valence-electron chi connectivity index (χ3n) is 5.07. The van der Waals surface area contributed by atoms with Gasteiger partial charge in [0.25, 0.3) is 5.91 Å². The number of nitrogens with zero attached hydrogens (tertiary/aromatic N) is 3. The summed E-state index contributed by atoms with van der Waals surface area (Å²) in [5, 5.41) is 5.95. The summed E-state index contributed by atoms with van der Waals surface area (Å²) < 4.78 is 39.1. The molecule has 0 saturated carbocycles. The van der Waals surface area contributed by atoms with E-state index in [1.165, 1.54) is 21.9 Å². The SMILES string of the molecule is Cc1c(-c2nc(NC3CCN(S(C)(=O)=O)CC3)ncc2F)sc2c1C(=O)NC2. The first-order chi connectivity index (χ1) is 13.2. The Labute approximate surface area is 166 Å². The van der Waals surface area contributed by atoms with Crippen molar-refractivity contribution < 1.29 is 17.6 Å². The van der Waals surface area contributed by atoms with E-state index in [1.807, 2.05) is 0 Å². The van der Waals surface area contributed by atoms with Crippen LogP contribution in [-0.2, 0) is 16.6 Å². The van der Waals surface area contributed by atoms with Crippen molar-refractivity contribution in [3.63, 3.8) is 0 Å². The molecule has 0 atom stereocenters. The van der Waals surface area contributed by atoms with E-state index in [1.54, 1.807) is 6.92 Å². The van der Waals surface area contributed by atoms with Crippen LogP contribution in [0.5, 0.6) is 0 Å². The Balaban J connectivity index is 1.54. The number of rotatable bonds is 4. The number of carbonyl (C=O) groups excluding carboxylic acids is 1. The Morgan fingerprint density at radius 1 is 1.36 bits per heavy atom. The lowest BCUT2D eigenvalue weighted by Crippen LogP contribution is -2.42. The number of sulfonamides is 1. The van der Waals surface area contributed by atoms with Crippen molar-refractivity contribution in [2.75, 3.05) is 24.7 Å². The summed E-state index contributed by atoms with van der Waals surface area (Å²) in [6, 6.07) is 0.0107. The van der Waals surface area contributed by atoms with Crippen LogP contribution in [0.4, 0.5) is 10.3 Å². The average molecular weight is 426 g/mol. The van der Waals surface area contributed by atoms with Crippen LogP contribution in [0.25, 0.3) is 10.6 Å². The highest BCUT2D eigenvalue weighted by atomic mass is 32.2. The van der Waals surface area contributed by atoms with Crippen molar-refractivity contribution in [1.29, 1.82) is 0 Å². The molecule has 1 amide bonds. The first kappa shape index (κ1) is 19.2. The van der Waals surface area contributed by atoms with E-state index in [-0.39, 0.29) is 17.6 Å². The highest BCUT2D eigenvalue weighted by molar-refractivity contribution is 7.88. The molecule has 0 bridgehead atoms. The van der Waals surface area contributed by atoms with Crippen molar-refractivity contribution in [3.8, 4) is 10.6 Å². The maximum Gasteiger partial charge on any atom is 0.253 e. The molecule has 0 unspecified atom stereocenters. The normalized spacial score (nSPS) is 18.2. The van der Waals surface area contributed by atoms with Gasteiger partial charge in [-0.15, -0.1) is 11.3 Å². The molecule has 2 aromatic rings. The molecule has 8 nitrogen and oxygen atoms in total. The van der Waals surface area contributed by atoms with Crippen LogP contribution in [0.3, 0.4) is 0 Å². The van der Waals surface area contributed by atoms with Gasteiger partial charge in [-0.05, 0) is 25.3 Å². The molecule has 1 fully saturated rings. The number of piperidine rings is 1. The second kappa shape index (κ2) is 7.05. The lowest BCUT2D eigenvalue weighted by atomic mass is 10.1. The smallest absolute Gasteiger partial charge is 0.253 e. The molecule has 4 heterocycles. The van der Waals surface area contributed by atoms with E-state index in [0.29, 0.717) is 48.9 Å². The van der Waals surface area contributed by atoms with Gasteiger partial charge in [0.2, 0.25) is 16.0 Å². The molecule has 150 valence electrons. The summed E-state index contributed by atoms with van der Waals surface area (Å²) in [6.07, 6.45) is 3.57. The van der Waals surface area contributed by atoms with E-state index in [0.717, 1.165) is 16.6 Å². The van der Waals surface area contributed by atoms with Gasteiger partial charge in [-0.2, -0.15) is 0 Å². The zero-order valence-corrected chi connectivity index (χ0v) is 17.1. The van der Waals surface area contributed by atoms with Crippen LogP contribution in [0.15, 0.2) is 6.20 Å². The van der Waals surface area contributed by atoms with Crippen LogP contribution >= 0.6 is 11.3 Å². The zero-order chi connectivity index (χ0) is 20.1. The predicted molar refractivity (Wildman–Crippen MR) is 104 cm³/mol. The average Bonchev–Trinajstić information content (AvgIpc) is 3.17. The molecule has 11 heteroatoms. The molecule has 0 aliphatic carbocycles. The molecular weight excluding hydrogens is 405 g/mol. The number of thiophene rings is 1. The lowest BCUT2D eigenvalue weighted by Gasteiger charge is -2.30. The second-order valence-corrected chi connectivity index (χ2v) is 10.1. The van der Waals surface area contributed by atoms with E-state index in [2.05, 4.69) is 20.6 Å². The van der Waals surface area contributed by atoms with Gasteiger partial charge in [0.1, 0.15) is 5.69 Å².